The van der Waals surface area contributed by atoms with Crippen molar-refractivity contribution in [2.24, 2.45) is 5.41 Å². The van der Waals surface area contributed by atoms with E-state index in [9.17, 15) is 4.79 Å². The smallest absolute Gasteiger partial charge is 0.252 e. The number of halogens is 1. The summed E-state index contributed by atoms with van der Waals surface area (Å²) in [6, 6.07) is 1.48. The molecule has 0 aliphatic rings. The molecule has 0 spiro atoms. The molecule has 3 N–H and O–H groups in total. The van der Waals surface area contributed by atoms with Crippen LogP contribution in [0.3, 0.4) is 0 Å². The van der Waals surface area contributed by atoms with Crippen LogP contribution in [0.15, 0.2) is 12.3 Å². The molecule has 0 radical (unpaired) electrons. The number of anilines is 1. The molecule has 1 amide bonds. The number of amides is 1. The van der Waals surface area contributed by atoms with Crippen molar-refractivity contribution in [1.82, 2.24) is 10.3 Å². The lowest BCUT2D eigenvalue weighted by atomic mass is 9.92. The van der Waals surface area contributed by atoms with Gasteiger partial charge in [0.25, 0.3) is 5.91 Å². The summed E-state index contributed by atoms with van der Waals surface area (Å²) in [5.41, 5.74) is 6.07. The molecule has 0 unspecified atom stereocenters. The molecule has 0 aromatic carbocycles. The number of nitrogens with two attached hydrogens (primary N) is 1. The highest BCUT2D eigenvalue weighted by molar-refractivity contribution is 6.33. The second-order valence-corrected chi connectivity index (χ2v) is 5.56. The molecule has 0 saturated carbocycles. The van der Waals surface area contributed by atoms with Gasteiger partial charge in [0.2, 0.25) is 0 Å². The van der Waals surface area contributed by atoms with Crippen LogP contribution in [0.25, 0.3) is 0 Å². The number of nitrogen functional groups attached to an aromatic ring is 1. The molecule has 1 heterocycles. The molecule has 0 bridgehead atoms. The Hall–Kier alpha value is -1.29. The van der Waals surface area contributed by atoms with E-state index in [2.05, 4.69) is 31.1 Å². The fraction of sp³-hybridized carbons (Fsp3) is 0.500. The fourth-order valence-electron chi connectivity index (χ4n) is 1.28. The number of carbonyl (C=O) groups is 1. The van der Waals surface area contributed by atoms with Crippen LogP contribution in [0, 0.1) is 5.41 Å². The summed E-state index contributed by atoms with van der Waals surface area (Å²) in [4.78, 5) is 15.6. The third kappa shape index (κ3) is 4.61. The van der Waals surface area contributed by atoms with Gasteiger partial charge in [0.05, 0.1) is 10.6 Å². The molecule has 0 aliphatic heterocycles. The van der Waals surface area contributed by atoms with E-state index in [1.165, 1.54) is 12.3 Å². The molecular formula is C12H18ClN3O. The number of pyridine rings is 1. The number of hydrogen-bond acceptors (Lipinski definition) is 3. The SMILES string of the molecule is CC(C)(C)CCNC(=O)c1cc(N)ncc1Cl. The molecule has 0 fully saturated rings. The zero-order valence-corrected chi connectivity index (χ0v) is 11.1. The van der Waals surface area contributed by atoms with Crippen LogP contribution in [0.2, 0.25) is 5.02 Å². The normalized spacial score (nSPS) is 11.3. The standard InChI is InChI=1S/C12H18ClN3O/c1-12(2,3)4-5-15-11(17)8-6-10(14)16-7-9(8)13/h6-7H,4-5H2,1-3H3,(H2,14,16)(H,15,17). The van der Waals surface area contributed by atoms with E-state index in [1.54, 1.807) is 0 Å². The van der Waals surface area contributed by atoms with E-state index >= 15 is 0 Å². The van der Waals surface area contributed by atoms with E-state index in [0.29, 0.717) is 17.1 Å². The lowest BCUT2D eigenvalue weighted by Crippen LogP contribution is -2.27. The highest BCUT2D eigenvalue weighted by Gasteiger charge is 2.13. The highest BCUT2D eigenvalue weighted by atomic mass is 35.5. The predicted octanol–water partition coefficient (Wildman–Crippen LogP) is 2.48. The van der Waals surface area contributed by atoms with Crippen LogP contribution in [-0.2, 0) is 0 Å². The largest absolute Gasteiger partial charge is 0.384 e. The van der Waals surface area contributed by atoms with E-state index in [0.717, 1.165) is 6.42 Å². The van der Waals surface area contributed by atoms with Gasteiger partial charge in [0.15, 0.2) is 0 Å². The van der Waals surface area contributed by atoms with Gasteiger partial charge >= 0.3 is 0 Å². The molecule has 1 rings (SSSR count). The number of rotatable bonds is 3. The van der Waals surface area contributed by atoms with Crippen molar-refractivity contribution in [3.8, 4) is 0 Å². The Balaban J connectivity index is 2.61. The fourth-order valence-corrected chi connectivity index (χ4v) is 1.46. The first-order valence-electron chi connectivity index (χ1n) is 5.49. The molecule has 4 nitrogen and oxygen atoms in total. The zero-order chi connectivity index (χ0) is 13.1. The van der Waals surface area contributed by atoms with Gasteiger partial charge in [-0.05, 0) is 17.9 Å². The maximum Gasteiger partial charge on any atom is 0.252 e. The topological polar surface area (TPSA) is 68.0 Å². The second-order valence-electron chi connectivity index (χ2n) is 5.16. The van der Waals surface area contributed by atoms with Crippen LogP contribution < -0.4 is 11.1 Å². The maximum atomic E-state index is 11.8. The molecule has 5 heteroatoms. The molecule has 0 aliphatic carbocycles. The van der Waals surface area contributed by atoms with Gasteiger partial charge in [0, 0.05) is 12.7 Å². The van der Waals surface area contributed by atoms with Crippen molar-refractivity contribution in [2.45, 2.75) is 27.2 Å². The van der Waals surface area contributed by atoms with Gasteiger partial charge < -0.3 is 11.1 Å². The maximum absolute atomic E-state index is 11.8. The number of hydrogen-bond donors (Lipinski definition) is 2. The van der Waals surface area contributed by atoms with Crippen molar-refractivity contribution in [1.29, 1.82) is 0 Å². The van der Waals surface area contributed by atoms with Gasteiger partial charge in [-0.2, -0.15) is 0 Å². The third-order valence-corrected chi connectivity index (χ3v) is 2.58. The molecule has 1 aromatic heterocycles. The summed E-state index contributed by atoms with van der Waals surface area (Å²) in [5, 5.41) is 3.13. The second kappa shape index (κ2) is 5.36. The lowest BCUT2D eigenvalue weighted by Gasteiger charge is -2.18. The lowest BCUT2D eigenvalue weighted by molar-refractivity contribution is 0.0949. The van der Waals surface area contributed by atoms with Crippen molar-refractivity contribution >= 4 is 23.3 Å². The molecule has 1 aromatic rings. The Labute approximate surface area is 107 Å². The monoisotopic (exact) mass is 255 g/mol. The average Bonchev–Trinajstić information content (AvgIpc) is 2.19. The summed E-state index contributed by atoms with van der Waals surface area (Å²) in [6.07, 6.45) is 2.28. The van der Waals surface area contributed by atoms with Crippen LogP contribution in [0.1, 0.15) is 37.6 Å². The minimum Gasteiger partial charge on any atom is -0.384 e. The minimum absolute atomic E-state index is 0.189. The van der Waals surface area contributed by atoms with Crippen LogP contribution >= 0.6 is 11.6 Å². The van der Waals surface area contributed by atoms with Gasteiger partial charge in [-0.3, -0.25) is 4.79 Å². The molecular weight excluding hydrogens is 238 g/mol. The Kier molecular flexibility index (Phi) is 4.34. The van der Waals surface area contributed by atoms with Gasteiger partial charge in [-0.15, -0.1) is 0 Å². The summed E-state index contributed by atoms with van der Waals surface area (Å²) < 4.78 is 0. The van der Waals surface area contributed by atoms with Crippen molar-refractivity contribution in [3.05, 3.63) is 22.8 Å². The number of nitrogens with one attached hydrogen (secondary N) is 1. The van der Waals surface area contributed by atoms with E-state index < -0.39 is 0 Å². The highest BCUT2D eigenvalue weighted by Crippen LogP contribution is 2.18. The zero-order valence-electron chi connectivity index (χ0n) is 10.4. The van der Waals surface area contributed by atoms with Gasteiger partial charge in [-0.1, -0.05) is 32.4 Å². The minimum atomic E-state index is -0.214. The average molecular weight is 256 g/mol. The quantitative estimate of drug-likeness (QED) is 0.872. The molecule has 0 saturated heterocycles. The molecule has 94 valence electrons. The molecule has 0 atom stereocenters. The Morgan fingerprint density at radius 3 is 2.76 bits per heavy atom. The van der Waals surface area contributed by atoms with Crippen molar-refractivity contribution in [3.63, 3.8) is 0 Å². The number of aromatic nitrogens is 1. The van der Waals surface area contributed by atoms with Crippen LogP contribution in [0.4, 0.5) is 5.82 Å². The van der Waals surface area contributed by atoms with Crippen LogP contribution in [-0.4, -0.2) is 17.4 Å². The number of carbonyl (C=O) groups excluding carboxylic acids is 1. The summed E-state index contributed by atoms with van der Waals surface area (Å²) in [6.45, 7) is 6.98. The summed E-state index contributed by atoms with van der Waals surface area (Å²) in [7, 11) is 0. The Bertz CT molecular complexity index is 413. The first-order valence-corrected chi connectivity index (χ1v) is 5.86. The van der Waals surface area contributed by atoms with Gasteiger partial charge in [-0.25, -0.2) is 4.98 Å². The first-order chi connectivity index (χ1) is 7.79. The predicted molar refractivity (Wildman–Crippen MR) is 70.1 cm³/mol. The van der Waals surface area contributed by atoms with Crippen LogP contribution in [0.5, 0.6) is 0 Å². The number of nitrogens with zero attached hydrogens (tertiary/aromatic N) is 1. The third-order valence-electron chi connectivity index (χ3n) is 2.28. The Morgan fingerprint density at radius 2 is 2.18 bits per heavy atom. The van der Waals surface area contributed by atoms with Gasteiger partial charge in [0.1, 0.15) is 5.82 Å². The molecule has 17 heavy (non-hydrogen) atoms. The first kappa shape index (κ1) is 13.8. The van der Waals surface area contributed by atoms with E-state index in [4.69, 9.17) is 17.3 Å². The van der Waals surface area contributed by atoms with Crippen molar-refractivity contribution in [2.75, 3.05) is 12.3 Å². The van der Waals surface area contributed by atoms with E-state index in [1.807, 2.05) is 0 Å². The summed E-state index contributed by atoms with van der Waals surface area (Å²) in [5.74, 6) is 0.0729. The van der Waals surface area contributed by atoms with Crippen molar-refractivity contribution < 1.29 is 4.79 Å². The Morgan fingerprint density at radius 1 is 1.53 bits per heavy atom. The van der Waals surface area contributed by atoms with E-state index in [-0.39, 0.29) is 17.1 Å². The summed E-state index contributed by atoms with van der Waals surface area (Å²) >= 11 is 5.88.